The zero-order chi connectivity index (χ0) is 17.7. The van der Waals surface area contributed by atoms with Gasteiger partial charge in [0.05, 0.1) is 6.21 Å². The van der Waals surface area contributed by atoms with Crippen LogP contribution in [0, 0.1) is 11.8 Å². The van der Waals surface area contributed by atoms with Crippen LogP contribution >= 0.6 is 0 Å². The number of pyridine rings is 1. The van der Waals surface area contributed by atoms with E-state index in [9.17, 15) is 18.4 Å². The lowest BCUT2D eigenvalue weighted by atomic mass is 10.1. The fourth-order valence-electron chi connectivity index (χ4n) is 1.76. The minimum absolute atomic E-state index is 0.0186. The van der Waals surface area contributed by atoms with Gasteiger partial charge in [0.2, 0.25) is 5.95 Å². The highest BCUT2D eigenvalue weighted by atomic mass is 19.1. The number of nitrogens with one attached hydrogen (secondary N) is 1. The van der Waals surface area contributed by atoms with E-state index in [1.165, 1.54) is 30.7 Å². The fraction of sp³-hybridized carbons (Fsp3) is 0.0667. The molecule has 1 aromatic heterocycles. The molecule has 124 valence electrons. The molecule has 2 rings (SSSR count). The van der Waals surface area contributed by atoms with Gasteiger partial charge in [-0.2, -0.15) is 9.49 Å². The molecule has 0 aliphatic carbocycles. The molecular weight excluding hydrogens is 322 g/mol. The maximum Gasteiger partial charge on any atom is 0.274 e. The Kier molecular flexibility index (Phi) is 5.27. The number of hydrogen-bond acceptors (Lipinski definition) is 5. The summed E-state index contributed by atoms with van der Waals surface area (Å²) in [5.74, 6) is -3.04. The van der Waals surface area contributed by atoms with Crippen LogP contribution in [0.5, 0.6) is 0 Å². The number of nitrogens with zero attached hydrogens (tertiary/aromatic N) is 3. The van der Waals surface area contributed by atoms with Crippen LogP contribution in [-0.4, -0.2) is 40.3 Å². The van der Waals surface area contributed by atoms with E-state index in [0.717, 1.165) is 29.6 Å². The Morgan fingerprint density at radius 1 is 1.25 bits per heavy atom. The normalized spacial score (nSPS) is 10.7. The van der Waals surface area contributed by atoms with Crippen LogP contribution in [0.25, 0.3) is 0 Å². The first-order valence-electron chi connectivity index (χ1n) is 6.60. The Morgan fingerprint density at radius 3 is 2.62 bits per heavy atom. The lowest BCUT2D eigenvalue weighted by Gasteiger charge is -2.10. The first-order valence-corrected chi connectivity index (χ1v) is 6.60. The first kappa shape index (κ1) is 17.2. The van der Waals surface area contributed by atoms with Gasteiger partial charge in [0.1, 0.15) is 5.82 Å². The van der Waals surface area contributed by atoms with E-state index in [1.807, 2.05) is 0 Å². The second-order valence-electron chi connectivity index (χ2n) is 4.62. The lowest BCUT2D eigenvalue weighted by molar-refractivity contribution is 0.0705. The summed E-state index contributed by atoms with van der Waals surface area (Å²) in [5, 5.41) is 13.2. The summed E-state index contributed by atoms with van der Waals surface area (Å²) in [7, 11) is 1.32. The number of hydrazone groups is 1. The quantitative estimate of drug-likeness (QED) is 0.384. The molecule has 2 amide bonds. The molecule has 0 aliphatic rings. The molecule has 0 aliphatic heterocycles. The molecule has 0 atom stereocenters. The van der Waals surface area contributed by atoms with Gasteiger partial charge < -0.3 is 0 Å². The lowest BCUT2D eigenvalue weighted by Crippen LogP contribution is -2.21. The summed E-state index contributed by atoms with van der Waals surface area (Å²) in [6, 6.07) is 5.72. The third-order valence-electron chi connectivity index (χ3n) is 3.00. The van der Waals surface area contributed by atoms with E-state index >= 15 is 0 Å². The smallest absolute Gasteiger partial charge is 0.274 e. The van der Waals surface area contributed by atoms with Crippen molar-refractivity contribution in [3.63, 3.8) is 0 Å². The van der Waals surface area contributed by atoms with Gasteiger partial charge >= 0.3 is 0 Å². The molecule has 0 fully saturated rings. The molecule has 1 heterocycles. The zero-order valence-electron chi connectivity index (χ0n) is 12.4. The van der Waals surface area contributed by atoms with Gasteiger partial charge in [-0.25, -0.2) is 19.9 Å². The van der Waals surface area contributed by atoms with Crippen LogP contribution in [0.15, 0.2) is 41.6 Å². The highest BCUT2D eigenvalue weighted by Crippen LogP contribution is 2.10. The fourth-order valence-corrected chi connectivity index (χ4v) is 1.76. The highest BCUT2D eigenvalue weighted by Gasteiger charge is 2.12. The van der Waals surface area contributed by atoms with Crippen molar-refractivity contribution < 1.29 is 23.6 Å². The Hall–Kier alpha value is -3.20. The third kappa shape index (κ3) is 3.96. The number of rotatable bonds is 4. The summed E-state index contributed by atoms with van der Waals surface area (Å²) in [5.41, 5.74) is 1.37. The van der Waals surface area contributed by atoms with Gasteiger partial charge in [-0.3, -0.25) is 14.8 Å². The Balaban J connectivity index is 2.15. The van der Waals surface area contributed by atoms with Gasteiger partial charge in [0, 0.05) is 36.0 Å². The maximum absolute atomic E-state index is 13.9. The van der Waals surface area contributed by atoms with Crippen LogP contribution < -0.4 is 5.48 Å². The van der Waals surface area contributed by atoms with Crippen molar-refractivity contribution in [2.45, 2.75) is 0 Å². The number of amides is 2. The average molecular weight is 334 g/mol. The minimum atomic E-state index is -0.857. The maximum atomic E-state index is 13.9. The second-order valence-corrected chi connectivity index (χ2v) is 4.62. The van der Waals surface area contributed by atoms with Crippen LogP contribution in [0.2, 0.25) is 0 Å². The van der Waals surface area contributed by atoms with E-state index in [4.69, 9.17) is 5.21 Å². The largest absolute Gasteiger partial charge is 0.288 e. The SMILES string of the molecule is CN(N=Cc1ccc(C(=O)NO)cc1F)C(=O)c1ccnc(F)c1. The van der Waals surface area contributed by atoms with Crippen molar-refractivity contribution in [2.24, 2.45) is 5.10 Å². The Bertz CT molecular complexity index is 811. The van der Waals surface area contributed by atoms with Crippen molar-refractivity contribution in [1.29, 1.82) is 0 Å². The number of carbonyl (C=O) groups is 2. The van der Waals surface area contributed by atoms with Gasteiger partial charge in [-0.15, -0.1) is 0 Å². The molecule has 0 bridgehead atoms. The molecule has 9 heteroatoms. The predicted molar refractivity (Wildman–Crippen MR) is 79.5 cm³/mol. The number of benzene rings is 1. The Morgan fingerprint density at radius 2 is 2.00 bits per heavy atom. The van der Waals surface area contributed by atoms with Gasteiger partial charge in [-0.1, -0.05) is 0 Å². The van der Waals surface area contributed by atoms with Crippen LogP contribution in [0.3, 0.4) is 0 Å². The van der Waals surface area contributed by atoms with Gasteiger partial charge in [0.15, 0.2) is 0 Å². The minimum Gasteiger partial charge on any atom is -0.288 e. The number of carbonyl (C=O) groups excluding carboxylic acids is 2. The molecule has 2 N–H and O–H groups in total. The molecule has 0 unspecified atom stereocenters. The topological polar surface area (TPSA) is 94.9 Å². The van der Waals surface area contributed by atoms with Gasteiger partial charge in [-0.05, 0) is 24.3 Å². The van der Waals surface area contributed by atoms with Crippen molar-refractivity contribution in [2.75, 3.05) is 7.05 Å². The van der Waals surface area contributed by atoms with E-state index < -0.39 is 23.6 Å². The molecule has 0 saturated heterocycles. The third-order valence-corrected chi connectivity index (χ3v) is 3.00. The van der Waals surface area contributed by atoms with E-state index in [-0.39, 0.29) is 16.7 Å². The predicted octanol–water partition coefficient (Wildman–Crippen LogP) is 1.58. The molecule has 0 saturated carbocycles. The first-order chi connectivity index (χ1) is 11.4. The average Bonchev–Trinajstić information content (AvgIpc) is 2.58. The van der Waals surface area contributed by atoms with Gasteiger partial charge in [0.25, 0.3) is 11.8 Å². The molecule has 0 radical (unpaired) electrons. The molecule has 2 aromatic rings. The number of hydroxylamine groups is 1. The number of aromatic nitrogens is 1. The van der Waals surface area contributed by atoms with Crippen LogP contribution in [-0.2, 0) is 0 Å². The zero-order valence-corrected chi connectivity index (χ0v) is 12.4. The molecule has 24 heavy (non-hydrogen) atoms. The second kappa shape index (κ2) is 7.38. The monoisotopic (exact) mass is 334 g/mol. The summed E-state index contributed by atoms with van der Waals surface area (Å²) in [6.07, 6.45) is 2.22. The van der Waals surface area contributed by atoms with E-state index in [0.29, 0.717) is 0 Å². The summed E-state index contributed by atoms with van der Waals surface area (Å²) in [6.45, 7) is 0. The standard InChI is InChI=1S/C15H12F2N4O3/c1-21(15(23)10-4-5-18-13(17)7-10)19-8-11-3-2-9(6-12(11)16)14(22)20-24/h2-8,24H,1H3,(H,20,22). The Labute approximate surface area is 135 Å². The molecular formula is C15H12F2N4O3. The van der Waals surface area contributed by atoms with Crippen LogP contribution in [0.1, 0.15) is 26.3 Å². The van der Waals surface area contributed by atoms with Crippen molar-refractivity contribution >= 4 is 18.0 Å². The van der Waals surface area contributed by atoms with Crippen molar-refractivity contribution in [3.8, 4) is 0 Å². The van der Waals surface area contributed by atoms with Crippen LogP contribution in [0.4, 0.5) is 8.78 Å². The number of halogens is 2. The molecule has 7 nitrogen and oxygen atoms in total. The summed E-state index contributed by atoms with van der Waals surface area (Å²) in [4.78, 5) is 26.5. The molecule has 0 spiro atoms. The van der Waals surface area contributed by atoms with Crippen molar-refractivity contribution in [1.82, 2.24) is 15.5 Å². The number of hydrogen-bond donors (Lipinski definition) is 2. The molecule has 1 aromatic carbocycles. The van der Waals surface area contributed by atoms with E-state index in [2.05, 4.69) is 10.1 Å². The van der Waals surface area contributed by atoms with E-state index in [1.54, 1.807) is 0 Å². The summed E-state index contributed by atoms with van der Waals surface area (Å²) >= 11 is 0. The summed E-state index contributed by atoms with van der Waals surface area (Å²) < 4.78 is 26.9. The highest BCUT2D eigenvalue weighted by molar-refractivity contribution is 5.95. The van der Waals surface area contributed by atoms with Crippen molar-refractivity contribution in [3.05, 3.63) is 65.0 Å².